The van der Waals surface area contributed by atoms with Crippen molar-refractivity contribution in [3.05, 3.63) is 0 Å². The van der Waals surface area contributed by atoms with Gasteiger partial charge in [0.05, 0.1) is 0 Å². The van der Waals surface area contributed by atoms with Gasteiger partial charge in [-0.3, -0.25) is 0 Å². The third-order valence-electron chi connectivity index (χ3n) is 2.76. The molecule has 0 saturated carbocycles. The second-order valence-corrected chi connectivity index (χ2v) is 3.65. The van der Waals surface area contributed by atoms with E-state index in [4.69, 9.17) is 10.9 Å². The second kappa shape index (κ2) is 3.65. The summed E-state index contributed by atoms with van der Waals surface area (Å²) in [5.41, 5.74) is 5.48. The maximum atomic E-state index is 8.46. The first-order chi connectivity index (χ1) is 5.65. The van der Waals surface area contributed by atoms with Gasteiger partial charge in [-0.1, -0.05) is 19.0 Å². The second-order valence-electron chi connectivity index (χ2n) is 3.65. The monoisotopic (exact) mass is 171 g/mol. The quantitative estimate of drug-likeness (QED) is 0.244. The van der Waals surface area contributed by atoms with Crippen LogP contribution in [0.25, 0.3) is 0 Å². The van der Waals surface area contributed by atoms with E-state index in [2.05, 4.69) is 19.0 Å². The minimum atomic E-state index is 0.244. The Kier molecular flexibility index (Phi) is 2.78. The van der Waals surface area contributed by atoms with Gasteiger partial charge in [0, 0.05) is 13.1 Å². The summed E-state index contributed by atoms with van der Waals surface area (Å²) >= 11 is 0. The van der Waals surface area contributed by atoms with E-state index in [-0.39, 0.29) is 5.96 Å². The molecule has 1 heterocycles. The molecule has 2 atom stereocenters. The van der Waals surface area contributed by atoms with E-state index in [0.29, 0.717) is 5.92 Å². The first kappa shape index (κ1) is 9.16. The van der Waals surface area contributed by atoms with Crippen LogP contribution in [0.2, 0.25) is 0 Å². The number of nitrogens with two attached hydrogens (primary N) is 1. The van der Waals surface area contributed by atoms with E-state index in [1.165, 1.54) is 0 Å². The number of guanidine groups is 1. The number of likely N-dealkylation sites (tertiary alicyclic amines) is 1. The smallest absolute Gasteiger partial charge is 0.233 e. The molecule has 0 aromatic rings. The standard InChI is InChI=1S/C8H17N3O/c1-6-3-4-11(5-7(6)2)8(9)10-12/h6-7,12H,3-5H2,1-2H3,(H2,9,10). The highest BCUT2D eigenvalue weighted by Gasteiger charge is 2.23. The van der Waals surface area contributed by atoms with Crippen molar-refractivity contribution in [2.75, 3.05) is 13.1 Å². The van der Waals surface area contributed by atoms with E-state index in [0.717, 1.165) is 25.4 Å². The largest absolute Gasteiger partial charge is 0.408 e. The molecule has 12 heavy (non-hydrogen) atoms. The Bertz CT molecular complexity index is 181. The molecular formula is C8H17N3O. The molecule has 0 radical (unpaired) electrons. The summed E-state index contributed by atoms with van der Waals surface area (Å²) in [5.74, 6) is 1.61. The van der Waals surface area contributed by atoms with Crippen molar-refractivity contribution in [3.63, 3.8) is 0 Å². The minimum absolute atomic E-state index is 0.244. The Balaban J connectivity index is 2.51. The predicted octanol–water partition coefficient (Wildman–Crippen LogP) is 0.668. The zero-order valence-electron chi connectivity index (χ0n) is 7.70. The average molecular weight is 171 g/mol. The zero-order valence-corrected chi connectivity index (χ0v) is 7.70. The lowest BCUT2D eigenvalue weighted by atomic mass is 9.89. The number of rotatable bonds is 0. The summed E-state index contributed by atoms with van der Waals surface area (Å²) in [5, 5.41) is 11.5. The van der Waals surface area contributed by atoms with Gasteiger partial charge >= 0.3 is 0 Å². The molecule has 1 aliphatic heterocycles. The normalized spacial score (nSPS) is 32.2. The van der Waals surface area contributed by atoms with Gasteiger partial charge in [-0.15, -0.1) is 0 Å². The van der Waals surface area contributed by atoms with Crippen LogP contribution in [-0.2, 0) is 0 Å². The number of hydrogen-bond acceptors (Lipinski definition) is 2. The SMILES string of the molecule is CC1CCN(C(N)=NO)CC1C. The van der Waals surface area contributed by atoms with Gasteiger partial charge in [-0.25, -0.2) is 0 Å². The van der Waals surface area contributed by atoms with Crippen LogP contribution >= 0.6 is 0 Å². The highest BCUT2D eigenvalue weighted by atomic mass is 16.4. The van der Waals surface area contributed by atoms with Crippen molar-refractivity contribution in [1.82, 2.24) is 4.90 Å². The first-order valence-electron chi connectivity index (χ1n) is 4.37. The van der Waals surface area contributed by atoms with Gasteiger partial charge in [-0.05, 0) is 18.3 Å². The summed E-state index contributed by atoms with van der Waals surface area (Å²) in [4.78, 5) is 1.92. The first-order valence-corrected chi connectivity index (χ1v) is 4.37. The van der Waals surface area contributed by atoms with Crippen molar-refractivity contribution in [1.29, 1.82) is 0 Å². The van der Waals surface area contributed by atoms with Crippen molar-refractivity contribution in [2.45, 2.75) is 20.3 Å². The Morgan fingerprint density at radius 3 is 2.67 bits per heavy atom. The maximum absolute atomic E-state index is 8.46. The molecule has 0 spiro atoms. The van der Waals surface area contributed by atoms with Crippen molar-refractivity contribution in [2.24, 2.45) is 22.7 Å². The molecule has 0 aromatic carbocycles. The number of nitrogens with zero attached hydrogens (tertiary/aromatic N) is 2. The summed E-state index contributed by atoms with van der Waals surface area (Å²) in [6, 6.07) is 0. The fourth-order valence-corrected chi connectivity index (χ4v) is 1.53. The van der Waals surface area contributed by atoms with Crippen LogP contribution < -0.4 is 5.73 Å². The fraction of sp³-hybridized carbons (Fsp3) is 0.875. The average Bonchev–Trinajstić information content (AvgIpc) is 2.08. The Labute approximate surface area is 73.0 Å². The Morgan fingerprint density at radius 2 is 2.17 bits per heavy atom. The van der Waals surface area contributed by atoms with Gasteiger partial charge < -0.3 is 15.8 Å². The highest BCUT2D eigenvalue weighted by Crippen LogP contribution is 2.21. The van der Waals surface area contributed by atoms with Gasteiger partial charge in [0.25, 0.3) is 0 Å². The molecule has 0 amide bonds. The van der Waals surface area contributed by atoms with E-state index >= 15 is 0 Å². The van der Waals surface area contributed by atoms with Crippen LogP contribution in [-0.4, -0.2) is 29.2 Å². The van der Waals surface area contributed by atoms with Crippen molar-refractivity contribution >= 4 is 5.96 Å². The van der Waals surface area contributed by atoms with Crippen LogP contribution in [0.4, 0.5) is 0 Å². The third-order valence-corrected chi connectivity index (χ3v) is 2.76. The molecule has 1 saturated heterocycles. The Morgan fingerprint density at radius 1 is 1.50 bits per heavy atom. The summed E-state index contributed by atoms with van der Waals surface area (Å²) < 4.78 is 0. The van der Waals surface area contributed by atoms with Crippen LogP contribution in [0.5, 0.6) is 0 Å². The summed E-state index contributed by atoms with van der Waals surface area (Å²) in [6.45, 7) is 6.24. The highest BCUT2D eigenvalue weighted by molar-refractivity contribution is 5.77. The summed E-state index contributed by atoms with van der Waals surface area (Å²) in [6.07, 6.45) is 1.12. The molecule has 1 rings (SSSR count). The van der Waals surface area contributed by atoms with E-state index < -0.39 is 0 Å². The van der Waals surface area contributed by atoms with E-state index in [1.807, 2.05) is 4.90 Å². The van der Waals surface area contributed by atoms with Gasteiger partial charge in [0.2, 0.25) is 5.96 Å². The molecule has 0 aromatic heterocycles. The van der Waals surface area contributed by atoms with E-state index in [9.17, 15) is 0 Å². The van der Waals surface area contributed by atoms with Gasteiger partial charge in [-0.2, -0.15) is 0 Å². The predicted molar refractivity (Wildman–Crippen MR) is 47.9 cm³/mol. The molecule has 70 valence electrons. The zero-order chi connectivity index (χ0) is 9.14. The van der Waals surface area contributed by atoms with Crippen LogP contribution in [0, 0.1) is 11.8 Å². The van der Waals surface area contributed by atoms with Crippen molar-refractivity contribution < 1.29 is 5.21 Å². The topological polar surface area (TPSA) is 61.8 Å². The molecule has 1 aliphatic rings. The molecule has 0 aliphatic carbocycles. The third kappa shape index (κ3) is 1.81. The van der Waals surface area contributed by atoms with Crippen LogP contribution in [0.1, 0.15) is 20.3 Å². The fourth-order valence-electron chi connectivity index (χ4n) is 1.53. The minimum Gasteiger partial charge on any atom is -0.408 e. The lowest BCUT2D eigenvalue weighted by Gasteiger charge is -2.35. The molecule has 2 unspecified atom stereocenters. The van der Waals surface area contributed by atoms with Crippen molar-refractivity contribution in [3.8, 4) is 0 Å². The van der Waals surface area contributed by atoms with Crippen LogP contribution in [0.3, 0.4) is 0 Å². The Hall–Kier alpha value is -0.930. The maximum Gasteiger partial charge on any atom is 0.233 e. The molecular weight excluding hydrogens is 154 g/mol. The molecule has 0 bridgehead atoms. The van der Waals surface area contributed by atoms with Crippen LogP contribution in [0.15, 0.2) is 5.16 Å². The lowest BCUT2D eigenvalue weighted by molar-refractivity contribution is 0.194. The van der Waals surface area contributed by atoms with Gasteiger partial charge in [0.15, 0.2) is 0 Å². The number of hydrogen-bond donors (Lipinski definition) is 2. The van der Waals surface area contributed by atoms with Gasteiger partial charge in [0.1, 0.15) is 0 Å². The lowest BCUT2D eigenvalue weighted by Crippen LogP contribution is -2.45. The molecule has 1 fully saturated rings. The number of piperidine rings is 1. The van der Waals surface area contributed by atoms with E-state index in [1.54, 1.807) is 0 Å². The molecule has 3 N–H and O–H groups in total. The summed E-state index contributed by atoms with van der Waals surface area (Å²) in [7, 11) is 0. The molecule has 4 nitrogen and oxygen atoms in total. The molecule has 4 heteroatoms. The number of oxime groups is 1.